The number of hydrogen-bond acceptors (Lipinski definition) is 6. The summed E-state index contributed by atoms with van der Waals surface area (Å²) in [5.41, 5.74) is 1.69. The highest BCUT2D eigenvalue weighted by Gasteiger charge is 2.15. The van der Waals surface area contributed by atoms with Gasteiger partial charge in [-0.25, -0.2) is 0 Å². The van der Waals surface area contributed by atoms with Crippen molar-refractivity contribution >= 4 is 29.3 Å². The lowest BCUT2D eigenvalue weighted by molar-refractivity contribution is -0.119. The van der Waals surface area contributed by atoms with E-state index in [2.05, 4.69) is 15.5 Å². The number of nitrogens with zero attached hydrogens (tertiary/aromatic N) is 2. The number of methoxy groups -OCH3 is 1. The lowest BCUT2D eigenvalue weighted by Gasteiger charge is -2.16. The number of para-hydroxylation sites is 1. The van der Waals surface area contributed by atoms with Crippen molar-refractivity contribution in [2.45, 2.75) is 18.2 Å². The monoisotopic (exact) mass is 403 g/mol. The minimum atomic E-state index is -0.179. The van der Waals surface area contributed by atoms with Gasteiger partial charge in [-0.05, 0) is 37.3 Å². The maximum atomic E-state index is 12.2. The molecule has 3 aromatic rings. The Hall–Kier alpha value is -2.51. The maximum Gasteiger partial charge on any atom is 0.277 e. The smallest absolute Gasteiger partial charge is 0.277 e. The van der Waals surface area contributed by atoms with Crippen LogP contribution in [-0.2, 0) is 4.79 Å². The van der Waals surface area contributed by atoms with Gasteiger partial charge in [-0.3, -0.25) is 4.79 Å². The van der Waals surface area contributed by atoms with Crippen LogP contribution in [0.4, 0.5) is 0 Å². The van der Waals surface area contributed by atoms with Crippen molar-refractivity contribution < 1.29 is 13.9 Å². The molecule has 0 aliphatic heterocycles. The molecule has 1 atom stereocenters. The number of carbonyl (C=O) groups is 1. The molecule has 0 bridgehead atoms. The molecule has 0 aliphatic rings. The molecule has 0 saturated heterocycles. The molecule has 8 heteroatoms. The minimum Gasteiger partial charge on any atom is -0.496 e. The van der Waals surface area contributed by atoms with Crippen LogP contribution in [0.1, 0.15) is 18.5 Å². The van der Waals surface area contributed by atoms with Gasteiger partial charge in [-0.1, -0.05) is 41.6 Å². The molecule has 140 valence electrons. The normalized spacial score (nSPS) is 11.8. The summed E-state index contributed by atoms with van der Waals surface area (Å²) in [5, 5.41) is 11.9. The van der Waals surface area contributed by atoms with E-state index in [1.807, 2.05) is 31.2 Å². The molecule has 1 N–H and O–H groups in total. The summed E-state index contributed by atoms with van der Waals surface area (Å²) >= 11 is 7.06. The second-order valence-electron chi connectivity index (χ2n) is 5.70. The molecule has 2 aromatic carbocycles. The number of benzene rings is 2. The van der Waals surface area contributed by atoms with Crippen LogP contribution in [-0.4, -0.2) is 29.0 Å². The van der Waals surface area contributed by atoms with Crippen LogP contribution in [0, 0.1) is 0 Å². The molecule has 6 nitrogen and oxygen atoms in total. The number of rotatable bonds is 7. The molecule has 3 rings (SSSR count). The van der Waals surface area contributed by atoms with Gasteiger partial charge in [0.05, 0.1) is 18.9 Å². The molecule has 1 aromatic heterocycles. The first-order valence-corrected chi connectivity index (χ1v) is 9.57. The summed E-state index contributed by atoms with van der Waals surface area (Å²) in [6.45, 7) is 1.91. The fraction of sp³-hybridized carbons (Fsp3) is 0.211. The van der Waals surface area contributed by atoms with Gasteiger partial charge in [-0.2, -0.15) is 0 Å². The maximum absolute atomic E-state index is 12.2. The SMILES string of the molecule is COc1ccccc1C(C)NC(=O)CSc1nnc(-c2ccc(Cl)cc2)o1. The minimum absolute atomic E-state index is 0.135. The van der Waals surface area contributed by atoms with E-state index >= 15 is 0 Å². The first-order chi connectivity index (χ1) is 13.1. The topological polar surface area (TPSA) is 77.2 Å². The van der Waals surface area contributed by atoms with Crippen LogP contribution in [0.15, 0.2) is 58.2 Å². The third-order valence-corrected chi connectivity index (χ3v) is 4.88. The van der Waals surface area contributed by atoms with Crippen molar-refractivity contribution in [1.82, 2.24) is 15.5 Å². The van der Waals surface area contributed by atoms with Gasteiger partial charge in [-0.15, -0.1) is 10.2 Å². The number of thioether (sulfide) groups is 1. The molecule has 0 aliphatic carbocycles. The Labute approximate surface area is 166 Å². The molecule has 1 unspecified atom stereocenters. The number of nitrogens with one attached hydrogen (secondary N) is 1. The third-order valence-electron chi connectivity index (χ3n) is 3.81. The van der Waals surface area contributed by atoms with Crippen LogP contribution < -0.4 is 10.1 Å². The van der Waals surface area contributed by atoms with Crippen molar-refractivity contribution in [3.05, 3.63) is 59.1 Å². The van der Waals surface area contributed by atoms with E-state index < -0.39 is 0 Å². The van der Waals surface area contributed by atoms with Gasteiger partial charge in [0.1, 0.15) is 5.75 Å². The van der Waals surface area contributed by atoms with E-state index in [9.17, 15) is 4.79 Å². The predicted molar refractivity (Wildman–Crippen MR) is 105 cm³/mol. The molecule has 0 radical (unpaired) electrons. The lowest BCUT2D eigenvalue weighted by Crippen LogP contribution is -2.28. The number of amides is 1. The van der Waals surface area contributed by atoms with Crippen LogP contribution >= 0.6 is 23.4 Å². The van der Waals surface area contributed by atoms with Gasteiger partial charge < -0.3 is 14.5 Å². The number of carbonyl (C=O) groups excluding carboxylic acids is 1. The highest BCUT2D eigenvalue weighted by molar-refractivity contribution is 7.99. The average molecular weight is 404 g/mol. The number of aromatic nitrogens is 2. The van der Waals surface area contributed by atoms with Crippen LogP contribution in [0.25, 0.3) is 11.5 Å². The summed E-state index contributed by atoms with van der Waals surface area (Å²) in [6.07, 6.45) is 0. The number of halogens is 1. The van der Waals surface area contributed by atoms with Crippen molar-refractivity contribution in [1.29, 1.82) is 0 Å². The van der Waals surface area contributed by atoms with E-state index in [1.54, 1.807) is 31.4 Å². The van der Waals surface area contributed by atoms with Crippen molar-refractivity contribution in [2.24, 2.45) is 0 Å². The Morgan fingerprint density at radius 3 is 2.70 bits per heavy atom. The van der Waals surface area contributed by atoms with E-state index in [1.165, 1.54) is 11.8 Å². The standard InChI is InChI=1S/C19H18ClN3O3S/c1-12(15-5-3-4-6-16(15)25-2)21-17(24)11-27-19-23-22-18(26-19)13-7-9-14(20)10-8-13/h3-10,12H,11H2,1-2H3,(H,21,24). The Balaban J connectivity index is 1.56. The largest absolute Gasteiger partial charge is 0.496 e. The van der Waals surface area contributed by atoms with Crippen LogP contribution in [0.5, 0.6) is 5.75 Å². The molecule has 27 heavy (non-hydrogen) atoms. The van der Waals surface area contributed by atoms with Crippen molar-refractivity contribution in [3.63, 3.8) is 0 Å². The summed E-state index contributed by atoms with van der Waals surface area (Å²) in [7, 11) is 1.61. The van der Waals surface area contributed by atoms with Gasteiger partial charge in [0.15, 0.2) is 0 Å². The quantitative estimate of drug-likeness (QED) is 0.590. The molecular weight excluding hydrogens is 386 g/mol. The van der Waals surface area contributed by atoms with Gasteiger partial charge in [0.2, 0.25) is 11.8 Å². The summed E-state index contributed by atoms with van der Waals surface area (Å²) in [6, 6.07) is 14.5. The molecule has 1 amide bonds. The number of ether oxygens (including phenoxy) is 1. The molecule has 0 fully saturated rings. The van der Waals surface area contributed by atoms with E-state index in [0.717, 1.165) is 16.9 Å². The Kier molecular flexibility index (Phi) is 6.36. The summed E-state index contributed by atoms with van der Waals surface area (Å²) in [5.74, 6) is 1.16. The average Bonchev–Trinajstić information content (AvgIpc) is 3.16. The zero-order valence-electron chi connectivity index (χ0n) is 14.8. The molecule has 0 saturated carbocycles. The zero-order chi connectivity index (χ0) is 19.2. The second-order valence-corrected chi connectivity index (χ2v) is 7.06. The van der Waals surface area contributed by atoms with Gasteiger partial charge >= 0.3 is 0 Å². The Morgan fingerprint density at radius 1 is 1.22 bits per heavy atom. The molecule has 0 spiro atoms. The lowest BCUT2D eigenvalue weighted by atomic mass is 10.1. The summed E-state index contributed by atoms with van der Waals surface area (Å²) < 4.78 is 10.9. The number of hydrogen-bond donors (Lipinski definition) is 1. The van der Waals surface area contributed by atoms with Crippen molar-refractivity contribution in [2.75, 3.05) is 12.9 Å². The van der Waals surface area contributed by atoms with Crippen LogP contribution in [0.3, 0.4) is 0 Å². The third kappa shape index (κ3) is 5.02. The zero-order valence-corrected chi connectivity index (χ0v) is 16.4. The van der Waals surface area contributed by atoms with E-state index in [0.29, 0.717) is 16.1 Å². The fourth-order valence-electron chi connectivity index (χ4n) is 2.49. The Bertz CT molecular complexity index is 915. The fourth-order valence-corrected chi connectivity index (χ4v) is 3.19. The van der Waals surface area contributed by atoms with E-state index in [-0.39, 0.29) is 17.7 Å². The molecule has 1 heterocycles. The first-order valence-electron chi connectivity index (χ1n) is 8.21. The Morgan fingerprint density at radius 2 is 1.96 bits per heavy atom. The van der Waals surface area contributed by atoms with Crippen LogP contribution in [0.2, 0.25) is 5.02 Å². The van der Waals surface area contributed by atoms with E-state index in [4.69, 9.17) is 20.8 Å². The highest BCUT2D eigenvalue weighted by Crippen LogP contribution is 2.26. The van der Waals surface area contributed by atoms with Gasteiger partial charge in [0, 0.05) is 16.1 Å². The second kappa shape index (κ2) is 8.92. The van der Waals surface area contributed by atoms with Gasteiger partial charge in [0.25, 0.3) is 5.22 Å². The van der Waals surface area contributed by atoms with Crippen molar-refractivity contribution in [3.8, 4) is 17.2 Å². The first kappa shape index (κ1) is 19.3. The predicted octanol–water partition coefficient (Wildman–Crippen LogP) is 4.37. The summed E-state index contributed by atoms with van der Waals surface area (Å²) in [4.78, 5) is 12.2. The molecular formula is C19H18ClN3O3S. The highest BCUT2D eigenvalue weighted by atomic mass is 35.5.